The molecule has 0 heterocycles. The van der Waals surface area contributed by atoms with Crippen molar-refractivity contribution in [1.29, 1.82) is 0 Å². The van der Waals surface area contributed by atoms with E-state index in [-0.39, 0.29) is 0 Å². The summed E-state index contributed by atoms with van der Waals surface area (Å²) >= 11 is 0. The highest BCUT2D eigenvalue weighted by atomic mass is 16.2. The molecule has 1 rings (SSSR count). The average molecular weight is 212 g/mol. The fourth-order valence-electron chi connectivity index (χ4n) is 2.93. The number of aliphatic hydroxyl groups is 1. The highest BCUT2D eigenvalue weighted by molar-refractivity contribution is 4.70. The van der Waals surface area contributed by atoms with Gasteiger partial charge in [0.1, 0.15) is 0 Å². The van der Waals surface area contributed by atoms with E-state index in [0.717, 1.165) is 18.3 Å². The summed E-state index contributed by atoms with van der Waals surface area (Å²) in [7, 11) is 0. The quantitative estimate of drug-likeness (QED) is 0.518. The van der Waals surface area contributed by atoms with Crippen LogP contribution in [0, 0.1) is 11.8 Å². The molecule has 1 aliphatic carbocycles. The first-order chi connectivity index (χ1) is 7.36. The molecule has 90 valence electrons. The zero-order valence-electron chi connectivity index (χ0n) is 10.4. The van der Waals surface area contributed by atoms with Crippen LogP contribution in [0.5, 0.6) is 0 Å². The monoisotopic (exact) mass is 212 g/mol. The first kappa shape index (κ1) is 13.0. The fourth-order valence-corrected chi connectivity index (χ4v) is 2.93. The Morgan fingerprint density at radius 3 is 2.40 bits per heavy atom. The van der Waals surface area contributed by atoms with E-state index in [2.05, 4.69) is 6.92 Å². The Kier molecular flexibility index (Phi) is 7.08. The molecule has 2 atom stereocenters. The summed E-state index contributed by atoms with van der Waals surface area (Å²) in [4.78, 5) is 0. The maximum atomic E-state index is 8.73. The first-order valence-corrected chi connectivity index (χ1v) is 6.97. The second kappa shape index (κ2) is 8.15. The van der Waals surface area contributed by atoms with Gasteiger partial charge in [-0.2, -0.15) is 0 Å². The van der Waals surface area contributed by atoms with Gasteiger partial charge in [-0.3, -0.25) is 0 Å². The second-order valence-electron chi connectivity index (χ2n) is 5.23. The SMILES string of the molecule is CCC1CCCCC(CCCCCO)C1. The average Bonchev–Trinajstić information content (AvgIpc) is 2.49. The predicted octanol–water partition coefficient (Wildman–Crippen LogP) is 4.15. The molecule has 2 unspecified atom stereocenters. The van der Waals surface area contributed by atoms with Gasteiger partial charge in [0.2, 0.25) is 0 Å². The van der Waals surface area contributed by atoms with E-state index >= 15 is 0 Å². The second-order valence-corrected chi connectivity index (χ2v) is 5.23. The summed E-state index contributed by atoms with van der Waals surface area (Å²) in [6, 6.07) is 0. The van der Waals surface area contributed by atoms with Crippen molar-refractivity contribution in [2.75, 3.05) is 6.61 Å². The third-order valence-corrected chi connectivity index (χ3v) is 3.99. The normalized spacial score (nSPS) is 27.6. The lowest BCUT2D eigenvalue weighted by Gasteiger charge is -2.18. The minimum absolute atomic E-state index is 0.377. The Labute approximate surface area is 95.3 Å². The van der Waals surface area contributed by atoms with E-state index in [1.807, 2.05) is 0 Å². The molecule has 1 nitrogen and oxygen atoms in total. The van der Waals surface area contributed by atoms with Crippen LogP contribution in [0.4, 0.5) is 0 Å². The van der Waals surface area contributed by atoms with Crippen LogP contribution in [0.2, 0.25) is 0 Å². The van der Waals surface area contributed by atoms with E-state index in [4.69, 9.17) is 5.11 Å². The largest absolute Gasteiger partial charge is 0.396 e. The van der Waals surface area contributed by atoms with Crippen LogP contribution in [0.1, 0.15) is 71.1 Å². The van der Waals surface area contributed by atoms with Crippen LogP contribution in [0.25, 0.3) is 0 Å². The minimum Gasteiger partial charge on any atom is -0.396 e. The summed E-state index contributed by atoms with van der Waals surface area (Å²) < 4.78 is 0. The first-order valence-electron chi connectivity index (χ1n) is 6.97. The number of rotatable bonds is 6. The standard InChI is InChI=1S/C14H28O/c1-2-13-8-5-6-10-14(12-13)9-4-3-7-11-15/h13-15H,2-12H2,1H3. The highest BCUT2D eigenvalue weighted by Crippen LogP contribution is 2.32. The number of hydrogen-bond donors (Lipinski definition) is 1. The summed E-state index contributed by atoms with van der Waals surface area (Å²) in [5.41, 5.74) is 0. The molecule has 0 aliphatic heterocycles. The maximum absolute atomic E-state index is 8.73. The van der Waals surface area contributed by atoms with Crippen LogP contribution < -0.4 is 0 Å². The van der Waals surface area contributed by atoms with Crippen LogP contribution in [-0.2, 0) is 0 Å². The number of aliphatic hydroxyl groups excluding tert-OH is 1. The molecule has 0 aromatic heterocycles. The van der Waals surface area contributed by atoms with Gasteiger partial charge >= 0.3 is 0 Å². The Bertz CT molecular complexity index is 144. The molecule has 1 fully saturated rings. The van der Waals surface area contributed by atoms with Gasteiger partial charge in [-0.1, -0.05) is 58.3 Å². The zero-order chi connectivity index (χ0) is 10.9. The maximum Gasteiger partial charge on any atom is 0.0431 e. The van der Waals surface area contributed by atoms with Gasteiger partial charge in [0.25, 0.3) is 0 Å². The molecule has 0 amide bonds. The van der Waals surface area contributed by atoms with Gasteiger partial charge in [0.05, 0.1) is 0 Å². The molecule has 0 aromatic rings. The van der Waals surface area contributed by atoms with Crippen molar-refractivity contribution in [3.8, 4) is 0 Å². The summed E-state index contributed by atoms with van der Waals surface area (Å²) in [5.74, 6) is 2.01. The van der Waals surface area contributed by atoms with E-state index in [1.54, 1.807) is 0 Å². The molecule has 0 bridgehead atoms. The molecule has 0 spiro atoms. The number of hydrogen-bond acceptors (Lipinski definition) is 1. The molecule has 1 saturated carbocycles. The molecule has 1 aliphatic rings. The van der Waals surface area contributed by atoms with Crippen LogP contribution >= 0.6 is 0 Å². The smallest absolute Gasteiger partial charge is 0.0431 e. The Morgan fingerprint density at radius 2 is 1.73 bits per heavy atom. The highest BCUT2D eigenvalue weighted by Gasteiger charge is 2.18. The lowest BCUT2D eigenvalue weighted by Crippen LogP contribution is -2.05. The third kappa shape index (κ3) is 5.55. The van der Waals surface area contributed by atoms with Crippen LogP contribution in [0.3, 0.4) is 0 Å². The fraction of sp³-hybridized carbons (Fsp3) is 1.00. The Morgan fingerprint density at radius 1 is 1.00 bits per heavy atom. The molecule has 1 heteroatoms. The lowest BCUT2D eigenvalue weighted by molar-refractivity contribution is 0.277. The molecule has 0 saturated heterocycles. The molecule has 0 aromatic carbocycles. The van der Waals surface area contributed by atoms with Crippen molar-refractivity contribution < 1.29 is 5.11 Å². The van der Waals surface area contributed by atoms with Gasteiger partial charge in [-0.25, -0.2) is 0 Å². The van der Waals surface area contributed by atoms with E-state index < -0.39 is 0 Å². The summed E-state index contributed by atoms with van der Waals surface area (Å²) in [6.07, 6.45) is 13.7. The predicted molar refractivity (Wildman–Crippen MR) is 65.9 cm³/mol. The third-order valence-electron chi connectivity index (χ3n) is 3.99. The van der Waals surface area contributed by atoms with E-state index in [1.165, 1.54) is 57.8 Å². The Balaban J connectivity index is 2.15. The summed E-state index contributed by atoms with van der Waals surface area (Å²) in [5, 5.41) is 8.73. The van der Waals surface area contributed by atoms with Crippen LogP contribution in [-0.4, -0.2) is 11.7 Å². The number of unbranched alkanes of at least 4 members (excludes halogenated alkanes) is 2. The van der Waals surface area contributed by atoms with Gasteiger partial charge in [-0.05, 0) is 24.7 Å². The van der Waals surface area contributed by atoms with Gasteiger partial charge in [-0.15, -0.1) is 0 Å². The Hall–Kier alpha value is -0.0400. The zero-order valence-corrected chi connectivity index (χ0v) is 10.4. The van der Waals surface area contributed by atoms with Crippen molar-refractivity contribution in [2.24, 2.45) is 11.8 Å². The topological polar surface area (TPSA) is 20.2 Å². The van der Waals surface area contributed by atoms with Gasteiger partial charge in [0, 0.05) is 6.61 Å². The molecular weight excluding hydrogens is 184 g/mol. The lowest BCUT2D eigenvalue weighted by atomic mass is 9.88. The molecule has 15 heavy (non-hydrogen) atoms. The van der Waals surface area contributed by atoms with Crippen molar-refractivity contribution in [1.82, 2.24) is 0 Å². The van der Waals surface area contributed by atoms with Gasteiger partial charge in [0.15, 0.2) is 0 Å². The van der Waals surface area contributed by atoms with Crippen LogP contribution in [0.15, 0.2) is 0 Å². The van der Waals surface area contributed by atoms with Crippen molar-refractivity contribution in [2.45, 2.75) is 71.1 Å². The van der Waals surface area contributed by atoms with Gasteiger partial charge < -0.3 is 5.11 Å². The van der Waals surface area contributed by atoms with E-state index in [9.17, 15) is 0 Å². The van der Waals surface area contributed by atoms with E-state index in [0.29, 0.717) is 6.61 Å². The molecular formula is C14H28O. The molecule has 0 radical (unpaired) electrons. The van der Waals surface area contributed by atoms with Crippen molar-refractivity contribution in [3.05, 3.63) is 0 Å². The minimum atomic E-state index is 0.377. The van der Waals surface area contributed by atoms with Crippen molar-refractivity contribution in [3.63, 3.8) is 0 Å². The summed E-state index contributed by atoms with van der Waals surface area (Å²) in [6.45, 7) is 2.72. The molecule has 1 N–H and O–H groups in total. The van der Waals surface area contributed by atoms with Crippen molar-refractivity contribution >= 4 is 0 Å².